The van der Waals surface area contributed by atoms with Gasteiger partial charge in [-0.25, -0.2) is 4.58 Å². The van der Waals surface area contributed by atoms with Crippen LogP contribution in [0.5, 0.6) is 0 Å². The van der Waals surface area contributed by atoms with Crippen LogP contribution in [0.1, 0.15) is 13.8 Å². The molecule has 0 aromatic carbocycles. The summed E-state index contributed by atoms with van der Waals surface area (Å²) in [4.78, 5) is 0. The Morgan fingerprint density at radius 1 is 1.57 bits per heavy atom. The maximum atomic E-state index is 3.71. The highest BCUT2D eigenvalue weighted by Crippen LogP contribution is 1.87. The summed E-state index contributed by atoms with van der Waals surface area (Å²) in [6.07, 6.45) is 0. The Morgan fingerprint density at radius 3 is 2.00 bits per heavy atom. The minimum Gasteiger partial charge on any atom is -0.245 e. The topological polar surface area (TPSA) is 3.01 Å². The van der Waals surface area contributed by atoms with Crippen LogP contribution in [-0.4, -0.2) is 24.9 Å². The first-order chi connectivity index (χ1) is 3.13. The van der Waals surface area contributed by atoms with E-state index in [0.717, 1.165) is 12.5 Å². The predicted molar refractivity (Wildman–Crippen MR) is 33.0 cm³/mol. The van der Waals surface area contributed by atoms with E-state index in [1.807, 2.05) is 11.6 Å². The largest absolute Gasteiger partial charge is 0.245 e. The third-order valence-electron chi connectivity index (χ3n) is 0.677. The smallest absolute Gasteiger partial charge is 0.144 e. The van der Waals surface area contributed by atoms with Crippen molar-refractivity contribution < 1.29 is 4.58 Å². The lowest BCUT2D eigenvalue weighted by atomic mass is 10.2. The van der Waals surface area contributed by atoms with E-state index >= 15 is 0 Å². The second-order valence-corrected chi connectivity index (χ2v) is 2.43. The molecule has 0 saturated heterocycles. The molecule has 1 heteroatoms. The third-order valence-corrected chi connectivity index (χ3v) is 0.677. The molecule has 0 bridgehead atoms. The Labute approximate surface area is 45.7 Å². The maximum absolute atomic E-state index is 3.71. The molecule has 0 aromatic heterocycles. The van der Waals surface area contributed by atoms with Gasteiger partial charge >= 0.3 is 0 Å². The van der Waals surface area contributed by atoms with Gasteiger partial charge in [0, 0.05) is 5.92 Å². The van der Waals surface area contributed by atoms with E-state index in [9.17, 15) is 0 Å². The first-order valence-corrected chi connectivity index (χ1v) is 2.64. The summed E-state index contributed by atoms with van der Waals surface area (Å²) in [6, 6.07) is 0. The van der Waals surface area contributed by atoms with Crippen molar-refractivity contribution in [2.45, 2.75) is 13.8 Å². The van der Waals surface area contributed by atoms with Crippen LogP contribution in [0.2, 0.25) is 0 Å². The zero-order chi connectivity index (χ0) is 5.86. The van der Waals surface area contributed by atoms with Gasteiger partial charge in [0.15, 0.2) is 0 Å². The van der Waals surface area contributed by atoms with Crippen LogP contribution in [-0.2, 0) is 0 Å². The highest BCUT2D eigenvalue weighted by molar-refractivity contribution is 5.14. The standard InChI is InChI=1S/C6H14N/c1-6(2)5-7(3)4/h6H,3,5H2,1-2,4H3/q+1. The van der Waals surface area contributed by atoms with E-state index in [-0.39, 0.29) is 0 Å². The van der Waals surface area contributed by atoms with E-state index in [0.29, 0.717) is 0 Å². The van der Waals surface area contributed by atoms with Gasteiger partial charge in [0.2, 0.25) is 0 Å². The van der Waals surface area contributed by atoms with Crippen LogP contribution in [0.4, 0.5) is 0 Å². The predicted octanol–water partition coefficient (Wildman–Crippen LogP) is 0.985. The van der Waals surface area contributed by atoms with Crippen molar-refractivity contribution in [3.63, 3.8) is 0 Å². The second kappa shape index (κ2) is 2.78. The van der Waals surface area contributed by atoms with Crippen molar-refractivity contribution in [3.05, 3.63) is 0 Å². The van der Waals surface area contributed by atoms with E-state index in [1.54, 1.807) is 0 Å². The average molecular weight is 100 g/mol. The summed E-state index contributed by atoms with van der Waals surface area (Å²) < 4.78 is 1.95. The Morgan fingerprint density at radius 2 is 2.00 bits per heavy atom. The van der Waals surface area contributed by atoms with Crippen LogP contribution >= 0.6 is 0 Å². The molecular formula is C6H14N+. The van der Waals surface area contributed by atoms with Gasteiger partial charge in [-0.3, -0.25) is 0 Å². The molecule has 0 heterocycles. The molecule has 0 unspecified atom stereocenters. The summed E-state index contributed by atoms with van der Waals surface area (Å²) in [6.45, 7) is 9.16. The zero-order valence-electron chi connectivity index (χ0n) is 5.44. The third kappa shape index (κ3) is 5.67. The second-order valence-electron chi connectivity index (χ2n) is 2.43. The van der Waals surface area contributed by atoms with Crippen molar-refractivity contribution in [2.24, 2.45) is 5.92 Å². The van der Waals surface area contributed by atoms with Gasteiger partial charge in [-0.05, 0) is 0 Å². The summed E-state index contributed by atoms with van der Waals surface area (Å²) in [7, 11) is 1.99. The molecule has 0 radical (unpaired) electrons. The summed E-state index contributed by atoms with van der Waals surface area (Å²) in [5.41, 5.74) is 0. The molecule has 0 rings (SSSR count). The quantitative estimate of drug-likeness (QED) is 0.359. The average Bonchev–Trinajstić information content (AvgIpc) is 1.27. The molecule has 7 heavy (non-hydrogen) atoms. The lowest BCUT2D eigenvalue weighted by Gasteiger charge is -1.96. The van der Waals surface area contributed by atoms with Crippen molar-refractivity contribution >= 4 is 6.72 Å². The van der Waals surface area contributed by atoms with Crippen LogP contribution in [0.15, 0.2) is 0 Å². The van der Waals surface area contributed by atoms with E-state index in [2.05, 4.69) is 20.6 Å². The molecule has 0 aliphatic carbocycles. The minimum atomic E-state index is 0.738. The Bertz CT molecular complexity index is 64.6. The summed E-state index contributed by atoms with van der Waals surface area (Å²) in [5, 5.41) is 0. The molecule has 0 spiro atoms. The summed E-state index contributed by atoms with van der Waals surface area (Å²) >= 11 is 0. The van der Waals surface area contributed by atoms with Crippen LogP contribution in [0.25, 0.3) is 0 Å². The summed E-state index contributed by atoms with van der Waals surface area (Å²) in [5.74, 6) is 0.738. The first-order valence-electron chi connectivity index (χ1n) is 2.64. The van der Waals surface area contributed by atoms with Gasteiger partial charge in [0.25, 0.3) is 0 Å². The zero-order valence-corrected chi connectivity index (χ0v) is 5.44. The number of hydrogen-bond acceptors (Lipinski definition) is 0. The van der Waals surface area contributed by atoms with Crippen molar-refractivity contribution in [3.8, 4) is 0 Å². The van der Waals surface area contributed by atoms with Crippen LogP contribution < -0.4 is 0 Å². The number of rotatable bonds is 2. The van der Waals surface area contributed by atoms with Gasteiger partial charge in [-0.15, -0.1) is 0 Å². The molecule has 0 fully saturated rings. The first kappa shape index (κ1) is 6.67. The van der Waals surface area contributed by atoms with E-state index in [4.69, 9.17) is 0 Å². The number of nitrogens with zero attached hydrogens (tertiary/aromatic N) is 1. The van der Waals surface area contributed by atoms with Gasteiger partial charge in [0.05, 0.1) is 0 Å². The molecule has 0 aliphatic heterocycles. The minimum absolute atomic E-state index is 0.738. The molecule has 1 nitrogen and oxygen atoms in total. The van der Waals surface area contributed by atoms with Crippen molar-refractivity contribution in [1.29, 1.82) is 0 Å². The highest BCUT2D eigenvalue weighted by atomic mass is 14.9. The SMILES string of the molecule is C=[N+](C)CC(C)C. The fourth-order valence-corrected chi connectivity index (χ4v) is 0.623. The Hall–Kier alpha value is -0.330. The van der Waals surface area contributed by atoms with Gasteiger partial charge in [-0.2, -0.15) is 0 Å². The molecule has 0 N–H and O–H groups in total. The monoisotopic (exact) mass is 100 g/mol. The fourth-order valence-electron chi connectivity index (χ4n) is 0.623. The molecule has 0 aromatic rings. The molecule has 42 valence electrons. The lowest BCUT2D eigenvalue weighted by Crippen LogP contribution is -2.09. The molecular weight excluding hydrogens is 86.1 g/mol. The van der Waals surface area contributed by atoms with Crippen molar-refractivity contribution in [1.82, 2.24) is 0 Å². The van der Waals surface area contributed by atoms with E-state index < -0.39 is 0 Å². The van der Waals surface area contributed by atoms with Gasteiger partial charge in [0.1, 0.15) is 20.3 Å². The molecule has 0 aliphatic rings. The Kier molecular flexibility index (Phi) is 2.65. The highest BCUT2D eigenvalue weighted by Gasteiger charge is 1.95. The van der Waals surface area contributed by atoms with E-state index in [1.165, 1.54) is 0 Å². The molecule has 0 amide bonds. The number of hydrogen-bond donors (Lipinski definition) is 0. The molecule has 0 saturated carbocycles. The normalized spacial score (nSPS) is 9.71. The van der Waals surface area contributed by atoms with Crippen LogP contribution in [0.3, 0.4) is 0 Å². The van der Waals surface area contributed by atoms with Crippen LogP contribution in [0, 0.1) is 5.92 Å². The van der Waals surface area contributed by atoms with Gasteiger partial charge in [-0.1, -0.05) is 13.8 Å². The fraction of sp³-hybridized carbons (Fsp3) is 0.833. The Balaban J connectivity index is 3.13. The lowest BCUT2D eigenvalue weighted by molar-refractivity contribution is -0.494. The van der Waals surface area contributed by atoms with Gasteiger partial charge < -0.3 is 0 Å². The maximum Gasteiger partial charge on any atom is 0.144 e. The molecule has 0 atom stereocenters. The van der Waals surface area contributed by atoms with Crippen molar-refractivity contribution in [2.75, 3.05) is 13.6 Å².